The van der Waals surface area contributed by atoms with E-state index < -0.39 is 17.7 Å². The Morgan fingerprint density at radius 3 is 2.43 bits per heavy atom. The molecule has 214 valence electrons. The number of halogens is 1. The number of nitrogens with one attached hydrogen (secondary N) is 1. The number of rotatable bonds is 8. The zero-order valence-electron chi connectivity index (χ0n) is 23.9. The van der Waals surface area contributed by atoms with Crippen molar-refractivity contribution in [1.82, 2.24) is 9.97 Å². The number of ether oxygens (including phenoxy) is 1. The first kappa shape index (κ1) is 29.5. The van der Waals surface area contributed by atoms with Crippen LogP contribution in [-0.4, -0.2) is 33.7 Å². The maximum atomic E-state index is 12.6. The fourth-order valence-corrected chi connectivity index (χ4v) is 6.17. The number of benzene rings is 3. The van der Waals surface area contributed by atoms with Gasteiger partial charge in [0.1, 0.15) is 10.7 Å². The maximum absolute atomic E-state index is 12.6. The Labute approximate surface area is 252 Å². The number of thiazole rings is 1. The number of hydrogen-bond acceptors (Lipinski definition) is 7. The molecule has 1 unspecified atom stereocenters. The molecule has 3 aromatic carbocycles. The highest BCUT2D eigenvalue weighted by molar-refractivity contribution is 7.22. The van der Waals surface area contributed by atoms with E-state index in [4.69, 9.17) is 26.9 Å². The molecule has 42 heavy (non-hydrogen) atoms. The van der Waals surface area contributed by atoms with Crippen LogP contribution < -0.4 is 5.32 Å². The lowest BCUT2D eigenvalue weighted by atomic mass is 9.91. The Hall–Kier alpha value is -4.02. The second-order valence-electron chi connectivity index (χ2n) is 10.9. The summed E-state index contributed by atoms with van der Waals surface area (Å²) in [4.78, 5) is 22.2. The molecule has 10 heteroatoms. The predicted octanol–water partition coefficient (Wildman–Crippen LogP) is 8.08. The molecule has 2 aromatic heterocycles. The second-order valence-corrected chi connectivity index (χ2v) is 12.3. The number of carboxylic acid groups (broad SMARTS) is 1. The van der Waals surface area contributed by atoms with Gasteiger partial charge in [-0.3, -0.25) is 4.98 Å². The van der Waals surface area contributed by atoms with Crippen molar-refractivity contribution in [2.24, 2.45) is 5.11 Å². The quantitative estimate of drug-likeness (QED) is 0.123. The summed E-state index contributed by atoms with van der Waals surface area (Å²) in [7, 11) is 1.91. The topological polar surface area (TPSA) is 125 Å². The molecule has 2 heterocycles. The fourth-order valence-electron chi connectivity index (χ4n) is 4.93. The molecule has 8 nitrogen and oxygen atoms in total. The third-order valence-corrected chi connectivity index (χ3v) is 8.17. The van der Waals surface area contributed by atoms with Gasteiger partial charge < -0.3 is 15.2 Å². The highest BCUT2D eigenvalue weighted by Gasteiger charge is 2.32. The summed E-state index contributed by atoms with van der Waals surface area (Å²) in [5.74, 6) is -1.06. The van der Waals surface area contributed by atoms with Crippen LogP contribution in [0.3, 0.4) is 0 Å². The van der Waals surface area contributed by atoms with Gasteiger partial charge in [0, 0.05) is 39.5 Å². The molecular weight excluding hydrogens is 570 g/mol. The number of nitrogens with two attached hydrogens (primary N) is 1. The van der Waals surface area contributed by atoms with Crippen molar-refractivity contribution in [2.75, 3.05) is 7.05 Å². The number of hydrogen-bond donors (Lipinski definition) is 3. The molecule has 0 fully saturated rings. The van der Waals surface area contributed by atoms with E-state index in [0.717, 1.165) is 54.4 Å². The minimum absolute atomic E-state index is 0.572. The second kappa shape index (κ2) is 11.7. The Morgan fingerprint density at radius 1 is 1.07 bits per heavy atom. The largest absolute Gasteiger partial charge is 0.479 e. The van der Waals surface area contributed by atoms with E-state index in [1.807, 2.05) is 88.6 Å². The van der Waals surface area contributed by atoms with Crippen LogP contribution in [0.1, 0.15) is 38.0 Å². The molecule has 5 aromatic rings. The summed E-state index contributed by atoms with van der Waals surface area (Å²) < 4.78 is 6.97. The van der Waals surface area contributed by atoms with Gasteiger partial charge in [0.25, 0.3) is 0 Å². The van der Waals surface area contributed by atoms with Gasteiger partial charge in [0.05, 0.1) is 28.6 Å². The van der Waals surface area contributed by atoms with Crippen LogP contribution in [0.2, 0.25) is 5.02 Å². The molecule has 0 aliphatic carbocycles. The van der Waals surface area contributed by atoms with Gasteiger partial charge in [0.2, 0.25) is 0 Å². The lowest BCUT2D eigenvalue weighted by Gasteiger charge is -2.28. The highest BCUT2D eigenvalue weighted by atomic mass is 35.5. The van der Waals surface area contributed by atoms with Crippen LogP contribution in [0.15, 0.2) is 72.0 Å². The average Bonchev–Trinajstić information content (AvgIpc) is 3.38. The zero-order chi connectivity index (χ0) is 30.2. The van der Waals surface area contributed by atoms with Crippen molar-refractivity contribution in [3.63, 3.8) is 0 Å². The Morgan fingerprint density at radius 2 is 1.79 bits per heavy atom. The number of nitrogens with zero attached hydrogens (tertiary/aromatic N) is 3. The van der Waals surface area contributed by atoms with Gasteiger partial charge in [-0.1, -0.05) is 23.7 Å². The van der Waals surface area contributed by atoms with Crippen LogP contribution in [0, 0.1) is 12.5 Å². The average molecular weight is 601 g/mol. The molecule has 1 atom stereocenters. The summed E-state index contributed by atoms with van der Waals surface area (Å²) in [5, 5.41) is 17.2. The molecular formula is C32H31ClN5O3S+. The molecule has 4 N–H and O–H groups in total. The van der Waals surface area contributed by atoms with Gasteiger partial charge >= 0.3 is 5.97 Å². The molecule has 5 rings (SSSR count). The van der Waals surface area contributed by atoms with Crippen molar-refractivity contribution in [2.45, 2.75) is 39.4 Å². The van der Waals surface area contributed by atoms with Crippen LogP contribution in [-0.2, 0) is 9.53 Å². The van der Waals surface area contributed by atoms with Crippen molar-refractivity contribution < 1.29 is 20.0 Å². The smallest absolute Gasteiger partial charge is 0.337 e. The van der Waals surface area contributed by atoms with Gasteiger partial charge in [0.15, 0.2) is 11.8 Å². The summed E-state index contributed by atoms with van der Waals surface area (Å²) in [6.45, 7) is 7.44. The van der Waals surface area contributed by atoms with E-state index >= 15 is 0 Å². The number of carboxylic acids is 1. The van der Waals surface area contributed by atoms with Crippen LogP contribution in [0.4, 0.5) is 11.4 Å². The lowest BCUT2D eigenvalue weighted by Crippen LogP contribution is -2.72. The first-order valence-corrected chi connectivity index (χ1v) is 14.6. The Balaban J connectivity index is 1.71. The van der Waals surface area contributed by atoms with Gasteiger partial charge in [-0.25, -0.2) is 15.3 Å². The standard InChI is InChI=1S/C32H30ClN5O3S/c1-17-14-25-29(27(18-6-9-21(33)10-7-18)26(17)28(31(39)40)41-32(2,3)4)42-30(37-25)20-12-13-36-23(16-20)19-8-11-22(35-5)24(15-19)38-34/h6-16,28,34-35H,1-5H3,(H,39,40)/p+1. The summed E-state index contributed by atoms with van der Waals surface area (Å²) in [6.07, 6.45) is 0.556. The van der Waals surface area contributed by atoms with Crippen LogP contribution in [0.5, 0.6) is 0 Å². The van der Waals surface area contributed by atoms with Crippen molar-refractivity contribution >= 4 is 50.5 Å². The summed E-state index contributed by atoms with van der Waals surface area (Å²) >= 11 is 7.71. The summed E-state index contributed by atoms with van der Waals surface area (Å²) in [6, 6.07) is 18.9. The van der Waals surface area contributed by atoms with E-state index in [9.17, 15) is 9.90 Å². The fraction of sp³-hybridized carbons (Fsp3) is 0.219. The molecule has 0 aliphatic rings. The number of fused-ring (bicyclic) bond motifs is 1. The van der Waals surface area contributed by atoms with E-state index in [1.54, 1.807) is 18.3 Å². The highest BCUT2D eigenvalue weighted by Crippen LogP contribution is 2.44. The molecule has 0 amide bonds. The summed E-state index contributed by atoms with van der Waals surface area (Å²) in [5.41, 5.74) is 14.5. The van der Waals surface area contributed by atoms with Crippen LogP contribution in [0.25, 0.3) is 43.2 Å². The molecule has 0 radical (unpaired) electrons. The molecule has 0 saturated carbocycles. The number of aromatic nitrogens is 2. The third-order valence-electron chi connectivity index (χ3n) is 6.78. The predicted molar refractivity (Wildman–Crippen MR) is 167 cm³/mol. The van der Waals surface area contributed by atoms with Gasteiger partial charge in [-0.15, -0.1) is 11.3 Å². The molecule has 0 saturated heterocycles. The Bertz CT molecular complexity index is 1810. The van der Waals surface area contributed by atoms with Crippen molar-refractivity contribution in [1.29, 1.82) is 5.53 Å². The maximum Gasteiger partial charge on any atom is 0.337 e. The first-order valence-electron chi connectivity index (χ1n) is 13.4. The first-order chi connectivity index (χ1) is 20.0. The van der Waals surface area contributed by atoms with E-state index in [-0.39, 0.29) is 0 Å². The monoisotopic (exact) mass is 600 g/mol. The van der Waals surface area contributed by atoms with Crippen molar-refractivity contribution in [3.8, 4) is 33.0 Å². The lowest BCUT2D eigenvalue weighted by molar-refractivity contribution is -0.538. The zero-order valence-corrected chi connectivity index (χ0v) is 25.5. The van der Waals surface area contributed by atoms with Gasteiger partial charge in [-0.05, 0) is 81.3 Å². The normalized spacial score (nSPS) is 12.4. The molecule has 0 aliphatic heterocycles. The SMILES string of the molecule is C[NH2+]c1ccc(-c2cc(-c3nc4cc(C)c(C(OC(C)(C)C)C(=O)O)c(-c5ccc(Cl)cc5)c4s3)ccn2)cc1N=N. The molecule has 0 spiro atoms. The number of quaternary nitrogens is 1. The van der Waals surface area contributed by atoms with Crippen molar-refractivity contribution in [3.05, 3.63) is 83.0 Å². The number of aryl methyl sites for hydroxylation is 1. The van der Waals surface area contributed by atoms with E-state index in [1.165, 1.54) is 11.3 Å². The minimum atomic E-state index is -1.18. The number of pyridine rings is 1. The number of aliphatic carboxylic acids is 1. The van der Waals surface area contributed by atoms with E-state index in [0.29, 0.717) is 16.3 Å². The number of carbonyl (C=O) groups is 1. The van der Waals surface area contributed by atoms with E-state index in [2.05, 4.69) is 10.1 Å². The third kappa shape index (κ3) is 5.96. The van der Waals surface area contributed by atoms with Crippen LogP contribution >= 0.6 is 22.9 Å². The molecule has 0 bridgehead atoms. The Kier molecular flexibility index (Phi) is 8.21. The minimum Gasteiger partial charge on any atom is -0.479 e. The van der Waals surface area contributed by atoms with Gasteiger partial charge in [-0.2, -0.15) is 5.11 Å².